The molecule has 1 aromatic heterocycles. The van der Waals surface area contributed by atoms with Gasteiger partial charge in [0, 0.05) is 57.3 Å². The summed E-state index contributed by atoms with van der Waals surface area (Å²) in [5.41, 5.74) is 2.07. The second kappa shape index (κ2) is 8.54. The first-order valence-corrected chi connectivity index (χ1v) is 11.1. The van der Waals surface area contributed by atoms with Gasteiger partial charge >= 0.3 is 0 Å². The van der Waals surface area contributed by atoms with Gasteiger partial charge in [0.25, 0.3) is 5.91 Å². The molecule has 4 rings (SSSR count). The van der Waals surface area contributed by atoms with E-state index >= 15 is 0 Å². The van der Waals surface area contributed by atoms with Crippen molar-refractivity contribution in [3.63, 3.8) is 0 Å². The van der Waals surface area contributed by atoms with Crippen LogP contribution in [0.25, 0.3) is 10.9 Å². The maximum Gasteiger partial charge on any atom is 0.257 e. The number of para-hydroxylation sites is 1. The maximum absolute atomic E-state index is 13.5. The van der Waals surface area contributed by atoms with E-state index in [1.807, 2.05) is 47.9 Å². The molecule has 0 spiro atoms. The first-order valence-electron chi connectivity index (χ1n) is 11.1. The van der Waals surface area contributed by atoms with Crippen molar-refractivity contribution in [3.05, 3.63) is 36.0 Å². The summed E-state index contributed by atoms with van der Waals surface area (Å²) in [7, 11) is 0. The van der Waals surface area contributed by atoms with Crippen LogP contribution in [-0.4, -0.2) is 65.9 Å². The van der Waals surface area contributed by atoms with E-state index in [2.05, 4.69) is 16.0 Å². The number of fused-ring (bicyclic) bond motifs is 1. The third-order valence-corrected chi connectivity index (χ3v) is 6.65. The average Bonchev–Trinajstić information content (AvgIpc) is 2.83. The van der Waals surface area contributed by atoms with Crippen molar-refractivity contribution >= 4 is 28.4 Å². The zero-order valence-electron chi connectivity index (χ0n) is 18.3. The molecule has 162 valence electrons. The van der Waals surface area contributed by atoms with Crippen LogP contribution in [0.4, 0.5) is 5.69 Å². The second-order valence-electron chi connectivity index (χ2n) is 8.72. The molecule has 1 aromatic carbocycles. The summed E-state index contributed by atoms with van der Waals surface area (Å²) in [6, 6.07) is 10.4. The van der Waals surface area contributed by atoms with Gasteiger partial charge in [-0.15, -0.1) is 0 Å². The molecule has 2 aromatic rings. The molecule has 2 amide bonds. The Morgan fingerprint density at radius 3 is 2.35 bits per heavy atom. The molecule has 0 aliphatic carbocycles. The maximum atomic E-state index is 13.5. The highest BCUT2D eigenvalue weighted by atomic mass is 16.2. The topological polar surface area (TPSA) is 80.5 Å². The molecule has 7 heteroatoms. The molecular formula is C24H29N5O2. The predicted octanol–water partition coefficient (Wildman–Crippen LogP) is 3.06. The minimum Gasteiger partial charge on any atom is -0.370 e. The van der Waals surface area contributed by atoms with Crippen LogP contribution in [0.1, 0.15) is 43.5 Å². The summed E-state index contributed by atoms with van der Waals surface area (Å²) in [5.74, 6) is 0.0967. The molecule has 31 heavy (non-hydrogen) atoms. The second-order valence-corrected chi connectivity index (χ2v) is 8.72. The Labute approximate surface area is 183 Å². The van der Waals surface area contributed by atoms with Crippen molar-refractivity contribution in [2.45, 2.75) is 33.1 Å². The quantitative estimate of drug-likeness (QED) is 0.764. The van der Waals surface area contributed by atoms with E-state index in [4.69, 9.17) is 0 Å². The standard InChI is InChI=1S/C24H29N5O2/c1-3-21(30)27-12-14-29(15-13-27)23(31)19-16-26-20-7-5-4-6-18(20)22(19)28-10-8-24(2,17-25)9-11-28/h4-7,16H,3,8-15H2,1-2H3. The van der Waals surface area contributed by atoms with Crippen LogP contribution < -0.4 is 4.90 Å². The van der Waals surface area contributed by atoms with E-state index in [0.29, 0.717) is 38.2 Å². The van der Waals surface area contributed by atoms with Crippen LogP contribution >= 0.6 is 0 Å². The third kappa shape index (κ3) is 4.07. The number of piperazine rings is 1. The highest BCUT2D eigenvalue weighted by Gasteiger charge is 2.33. The zero-order chi connectivity index (χ0) is 22.0. The van der Waals surface area contributed by atoms with Crippen molar-refractivity contribution in [2.24, 2.45) is 5.41 Å². The van der Waals surface area contributed by atoms with Gasteiger partial charge in [0.1, 0.15) is 0 Å². The monoisotopic (exact) mass is 419 g/mol. The van der Waals surface area contributed by atoms with Gasteiger partial charge < -0.3 is 14.7 Å². The predicted molar refractivity (Wildman–Crippen MR) is 120 cm³/mol. The number of benzene rings is 1. The lowest BCUT2D eigenvalue weighted by molar-refractivity contribution is -0.132. The normalized spacial score (nSPS) is 18.7. The van der Waals surface area contributed by atoms with Gasteiger partial charge in [-0.25, -0.2) is 0 Å². The lowest BCUT2D eigenvalue weighted by Gasteiger charge is -2.39. The molecule has 2 aliphatic rings. The van der Waals surface area contributed by atoms with Crippen LogP contribution in [0.15, 0.2) is 30.5 Å². The summed E-state index contributed by atoms with van der Waals surface area (Å²) in [6.07, 6.45) is 3.72. The molecule has 2 aliphatic heterocycles. The summed E-state index contributed by atoms with van der Waals surface area (Å²) in [6.45, 7) is 7.54. The van der Waals surface area contributed by atoms with E-state index in [9.17, 15) is 14.9 Å². The molecule has 3 heterocycles. The first kappa shape index (κ1) is 21.1. The molecule has 7 nitrogen and oxygen atoms in total. The van der Waals surface area contributed by atoms with E-state index in [1.165, 1.54) is 0 Å². The summed E-state index contributed by atoms with van der Waals surface area (Å²) in [5, 5.41) is 10.5. The Morgan fingerprint density at radius 2 is 1.71 bits per heavy atom. The molecule has 2 saturated heterocycles. The Bertz CT molecular complexity index is 1030. The minimum absolute atomic E-state index is 0.0366. The fourth-order valence-electron chi connectivity index (χ4n) is 4.51. The SMILES string of the molecule is CCC(=O)N1CCN(C(=O)c2cnc3ccccc3c2N2CCC(C)(C#N)CC2)CC1. The molecule has 0 atom stereocenters. The summed E-state index contributed by atoms with van der Waals surface area (Å²) in [4.78, 5) is 36.0. The van der Waals surface area contributed by atoms with E-state index in [-0.39, 0.29) is 17.2 Å². The lowest BCUT2D eigenvalue weighted by atomic mass is 9.81. The number of nitriles is 1. The van der Waals surface area contributed by atoms with Crippen LogP contribution in [0.5, 0.6) is 0 Å². The number of nitrogens with zero attached hydrogens (tertiary/aromatic N) is 5. The number of amides is 2. The fourth-order valence-corrected chi connectivity index (χ4v) is 4.51. The Morgan fingerprint density at radius 1 is 1.06 bits per heavy atom. The van der Waals surface area contributed by atoms with Gasteiger partial charge in [-0.2, -0.15) is 5.26 Å². The van der Waals surface area contributed by atoms with Crippen LogP contribution in [-0.2, 0) is 4.79 Å². The molecule has 0 saturated carbocycles. The van der Waals surface area contributed by atoms with E-state index < -0.39 is 0 Å². The van der Waals surface area contributed by atoms with Gasteiger partial charge in [-0.05, 0) is 25.8 Å². The van der Waals surface area contributed by atoms with Gasteiger partial charge in [-0.3, -0.25) is 14.6 Å². The lowest BCUT2D eigenvalue weighted by Crippen LogP contribution is -2.50. The average molecular weight is 420 g/mol. The highest BCUT2D eigenvalue weighted by Crippen LogP contribution is 2.37. The first-order chi connectivity index (χ1) is 15.0. The zero-order valence-corrected chi connectivity index (χ0v) is 18.3. The number of carbonyl (C=O) groups excluding carboxylic acids is 2. The molecule has 0 radical (unpaired) electrons. The van der Waals surface area contributed by atoms with E-state index in [1.54, 1.807) is 6.20 Å². The molecule has 2 fully saturated rings. The van der Waals surface area contributed by atoms with Crippen LogP contribution in [0, 0.1) is 16.7 Å². The number of hydrogen-bond donors (Lipinski definition) is 0. The number of rotatable bonds is 3. The number of pyridine rings is 1. The fraction of sp³-hybridized carbons (Fsp3) is 0.500. The molecule has 0 bridgehead atoms. The summed E-state index contributed by atoms with van der Waals surface area (Å²) < 4.78 is 0. The number of aromatic nitrogens is 1. The van der Waals surface area contributed by atoms with Gasteiger partial charge in [0.2, 0.25) is 5.91 Å². The van der Waals surface area contributed by atoms with Crippen molar-refractivity contribution in [1.82, 2.24) is 14.8 Å². The third-order valence-electron chi connectivity index (χ3n) is 6.65. The van der Waals surface area contributed by atoms with Crippen molar-refractivity contribution in [3.8, 4) is 6.07 Å². The largest absolute Gasteiger partial charge is 0.370 e. The summed E-state index contributed by atoms with van der Waals surface area (Å²) >= 11 is 0. The van der Waals surface area contributed by atoms with Gasteiger partial charge in [0.15, 0.2) is 0 Å². The Kier molecular flexibility index (Phi) is 5.81. The minimum atomic E-state index is -0.314. The van der Waals surface area contributed by atoms with Gasteiger partial charge in [-0.1, -0.05) is 25.1 Å². The molecular weight excluding hydrogens is 390 g/mol. The van der Waals surface area contributed by atoms with Gasteiger partial charge in [0.05, 0.1) is 28.3 Å². The van der Waals surface area contributed by atoms with Crippen LogP contribution in [0.3, 0.4) is 0 Å². The van der Waals surface area contributed by atoms with E-state index in [0.717, 1.165) is 42.5 Å². The number of anilines is 1. The van der Waals surface area contributed by atoms with Crippen LogP contribution in [0.2, 0.25) is 0 Å². The Balaban J connectivity index is 1.64. The Hall–Kier alpha value is -3.14. The number of piperidine rings is 1. The number of carbonyl (C=O) groups is 2. The smallest absolute Gasteiger partial charge is 0.257 e. The van der Waals surface area contributed by atoms with Crippen molar-refractivity contribution in [2.75, 3.05) is 44.2 Å². The highest BCUT2D eigenvalue weighted by molar-refractivity contribution is 6.07. The number of hydrogen-bond acceptors (Lipinski definition) is 5. The van der Waals surface area contributed by atoms with Crippen molar-refractivity contribution < 1.29 is 9.59 Å². The molecule has 0 unspecified atom stereocenters. The molecule has 0 N–H and O–H groups in total. The van der Waals surface area contributed by atoms with Crippen molar-refractivity contribution in [1.29, 1.82) is 5.26 Å².